The first-order valence-electron chi connectivity index (χ1n) is 5.53. The highest BCUT2D eigenvalue weighted by molar-refractivity contribution is 7.89. The number of hydrogen-bond donors (Lipinski definition) is 2. The molecule has 0 spiro atoms. The van der Waals surface area contributed by atoms with Gasteiger partial charge in [0.2, 0.25) is 10.0 Å². The van der Waals surface area contributed by atoms with E-state index in [2.05, 4.69) is 14.8 Å². The summed E-state index contributed by atoms with van der Waals surface area (Å²) in [5.41, 5.74) is 0.341. The van der Waals surface area contributed by atoms with Crippen LogP contribution in [0.1, 0.15) is 5.56 Å². The Kier molecular flexibility index (Phi) is 5.80. The van der Waals surface area contributed by atoms with E-state index in [1.54, 1.807) is 7.05 Å². The fourth-order valence-electron chi connectivity index (χ4n) is 1.47. The smallest absolute Gasteiger partial charge is 0.243 e. The van der Waals surface area contributed by atoms with Crippen LogP contribution in [0.3, 0.4) is 0 Å². The van der Waals surface area contributed by atoms with Gasteiger partial charge in [0.25, 0.3) is 0 Å². The fraction of sp³-hybridized carbons (Fsp3) is 0.455. The number of ether oxygens (including phenoxy) is 1. The predicted octanol–water partition coefficient (Wildman–Crippen LogP) is 0.609. The van der Waals surface area contributed by atoms with Crippen molar-refractivity contribution in [3.8, 4) is 0 Å². The molecule has 19 heavy (non-hydrogen) atoms. The molecular formula is C11H16F2N2O3S. The van der Waals surface area contributed by atoms with Crippen molar-refractivity contribution < 1.29 is 21.9 Å². The van der Waals surface area contributed by atoms with Crippen molar-refractivity contribution in [3.05, 3.63) is 29.3 Å². The molecule has 0 bridgehead atoms. The molecule has 1 aromatic rings. The van der Waals surface area contributed by atoms with Gasteiger partial charge in [-0.15, -0.1) is 0 Å². The molecule has 0 radical (unpaired) electrons. The lowest BCUT2D eigenvalue weighted by molar-refractivity contribution is 0.204. The fourth-order valence-corrected chi connectivity index (χ4v) is 2.62. The molecule has 0 aliphatic rings. The first-order valence-corrected chi connectivity index (χ1v) is 7.01. The lowest BCUT2D eigenvalue weighted by atomic mass is 10.2. The minimum atomic E-state index is -4.10. The number of sulfonamides is 1. The molecule has 0 aliphatic carbocycles. The summed E-state index contributed by atoms with van der Waals surface area (Å²) in [6, 6.07) is 2.06. The number of rotatable bonds is 7. The Labute approximate surface area is 111 Å². The maximum atomic E-state index is 13.6. The molecule has 0 unspecified atom stereocenters. The number of methoxy groups -OCH3 is 1. The van der Waals surface area contributed by atoms with Crippen LogP contribution in [0.15, 0.2) is 17.0 Å². The molecule has 0 aromatic heterocycles. The highest BCUT2D eigenvalue weighted by atomic mass is 32.2. The van der Waals surface area contributed by atoms with Crippen LogP contribution in [0.4, 0.5) is 8.78 Å². The van der Waals surface area contributed by atoms with Crippen LogP contribution in [-0.2, 0) is 21.3 Å². The summed E-state index contributed by atoms with van der Waals surface area (Å²) in [4.78, 5) is -0.700. The average Bonchev–Trinajstić information content (AvgIpc) is 2.34. The monoisotopic (exact) mass is 294 g/mol. The van der Waals surface area contributed by atoms with Crippen LogP contribution in [0.5, 0.6) is 0 Å². The molecule has 1 aromatic carbocycles. The normalized spacial score (nSPS) is 11.8. The van der Waals surface area contributed by atoms with Crippen LogP contribution in [0, 0.1) is 11.6 Å². The van der Waals surface area contributed by atoms with Gasteiger partial charge in [-0.25, -0.2) is 21.9 Å². The SMILES string of the molecule is CNCc1cc(F)c(F)c(S(=O)(=O)NCCOC)c1. The Morgan fingerprint density at radius 3 is 2.58 bits per heavy atom. The van der Waals surface area contributed by atoms with Crippen molar-refractivity contribution in [3.63, 3.8) is 0 Å². The zero-order valence-electron chi connectivity index (χ0n) is 10.7. The van der Waals surface area contributed by atoms with Crippen molar-refractivity contribution >= 4 is 10.0 Å². The number of nitrogens with one attached hydrogen (secondary N) is 2. The Balaban J connectivity index is 3.10. The summed E-state index contributed by atoms with van der Waals surface area (Å²) in [7, 11) is -1.08. The molecule has 0 atom stereocenters. The third-order valence-corrected chi connectivity index (χ3v) is 3.78. The van der Waals surface area contributed by atoms with E-state index in [9.17, 15) is 17.2 Å². The van der Waals surface area contributed by atoms with E-state index in [0.717, 1.165) is 12.1 Å². The van der Waals surface area contributed by atoms with Gasteiger partial charge >= 0.3 is 0 Å². The molecule has 0 amide bonds. The molecular weight excluding hydrogens is 278 g/mol. The van der Waals surface area contributed by atoms with Crippen LogP contribution >= 0.6 is 0 Å². The quantitative estimate of drug-likeness (QED) is 0.723. The number of halogens is 2. The van der Waals surface area contributed by atoms with Gasteiger partial charge < -0.3 is 10.1 Å². The van der Waals surface area contributed by atoms with E-state index in [4.69, 9.17) is 0 Å². The molecule has 8 heteroatoms. The van der Waals surface area contributed by atoms with Crippen molar-refractivity contribution in [2.24, 2.45) is 0 Å². The van der Waals surface area contributed by atoms with Gasteiger partial charge in [-0.2, -0.15) is 0 Å². The van der Waals surface area contributed by atoms with Gasteiger partial charge in [-0.05, 0) is 24.7 Å². The third kappa shape index (κ3) is 4.20. The Morgan fingerprint density at radius 1 is 1.32 bits per heavy atom. The van der Waals surface area contributed by atoms with Crippen molar-refractivity contribution in [1.82, 2.24) is 10.0 Å². The van der Waals surface area contributed by atoms with Gasteiger partial charge in [0.1, 0.15) is 4.90 Å². The lowest BCUT2D eigenvalue weighted by Crippen LogP contribution is -2.28. The first kappa shape index (κ1) is 16.0. The highest BCUT2D eigenvalue weighted by Gasteiger charge is 2.22. The highest BCUT2D eigenvalue weighted by Crippen LogP contribution is 2.19. The zero-order chi connectivity index (χ0) is 14.5. The molecule has 2 N–H and O–H groups in total. The molecule has 1 rings (SSSR count). The van der Waals surface area contributed by atoms with Crippen LogP contribution in [0.2, 0.25) is 0 Å². The van der Waals surface area contributed by atoms with E-state index in [-0.39, 0.29) is 19.7 Å². The summed E-state index contributed by atoms with van der Waals surface area (Å²) in [5, 5.41) is 2.74. The largest absolute Gasteiger partial charge is 0.383 e. The standard InChI is InChI=1S/C11H16F2N2O3S/c1-14-7-8-5-9(12)11(13)10(6-8)19(16,17)15-3-4-18-2/h5-6,14-15H,3-4,7H2,1-2H3. The average molecular weight is 294 g/mol. The van der Waals surface area contributed by atoms with Gasteiger partial charge in [0.05, 0.1) is 6.61 Å². The Morgan fingerprint density at radius 2 is 2.00 bits per heavy atom. The molecule has 0 aliphatic heterocycles. The van der Waals surface area contributed by atoms with Crippen molar-refractivity contribution in [2.75, 3.05) is 27.3 Å². The second-order valence-electron chi connectivity index (χ2n) is 3.81. The lowest BCUT2D eigenvalue weighted by Gasteiger charge is -2.10. The number of hydrogen-bond acceptors (Lipinski definition) is 4. The van der Waals surface area contributed by atoms with Gasteiger partial charge in [-0.3, -0.25) is 0 Å². The maximum absolute atomic E-state index is 13.6. The predicted molar refractivity (Wildman–Crippen MR) is 66.2 cm³/mol. The molecule has 0 saturated heterocycles. The molecule has 5 nitrogen and oxygen atoms in total. The van der Waals surface area contributed by atoms with Gasteiger partial charge in [0.15, 0.2) is 11.6 Å². The van der Waals surface area contributed by atoms with E-state index in [1.165, 1.54) is 7.11 Å². The maximum Gasteiger partial charge on any atom is 0.243 e. The summed E-state index contributed by atoms with van der Waals surface area (Å²) < 4.78 is 57.4. The zero-order valence-corrected chi connectivity index (χ0v) is 11.5. The summed E-state index contributed by atoms with van der Waals surface area (Å²) in [6.45, 7) is 0.355. The van der Waals surface area contributed by atoms with E-state index < -0.39 is 26.6 Å². The topological polar surface area (TPSA) is 67.4 Å². The minimum absolute atomic E-state index is 0.0177. The second-order valence-corrected chi connectivity index (χ2v) is 5.55. The Hall–Kier alpha value is -1.09. The number of benzene rings is 1. The van der Waals surface area contributed by atoms with E-state index in [1.807, 2.05) is 0 Å². The molecule has 0 fully saturated rings. The summed E-state index contributed by atoms with van der Waals surface area (Å²) in [6.07, 6.45) is 0. The Bertz CT molecular complexity index is 535. The first-order chi connectivity index (χ1) is 8.92. The molecule has 108 valence electrons. The van der Waals surface area contributed by atoms with Crippen LogP contribution in [0.25, 0.3) is 0 Å². The van der Waals surface area contributed by atoms with Gasteiger partial charge in [-0.1, -0.05) is 0 Å². The minimum Gasteiger partial charge on any atom is -0.383 e. The summed E-state index contributed by atoms with van der Waals surface area (Å²) in [5.74, 6) is -2.58. The second kappa shape index (κ2) is 6.90. The summed E-state index contributed by atoms with van der Waals surface area (Å²) >= 11 is 0. The van der Waals surface area contributed by atoms with Gasteiger partial charge in [0, 0.05) is 20.2 Å². The molecule has 0 saturated carbocycles. The molecule has 0 heterocycles. The van der Waals surface area contributed by atoms with Crippen LogP contribution < -0.4 is 10.0 Å². The third-order valence-electron chi connectivity index (χ3n) is 2.32. The van der Waals surface area contributed by atoms with Crippen molar-refractivity contribution in [1.29, 1.82) is 0 Å². The van der Waals surface area contributed by atoms with Crippen LogP contribution in [-0.4, -0.2) is 35.7 Å². The van der Waals surface area contributed by atoms with E-state index >= 15 is 0 Å². The van der Waals surface area contributed by atoms with Crippen molar-refractivity contribution in [2.45, 2.75) is 11.4 Å². The van der Waals surface area contributed by atoms with E-state index in [0.29, 0.717) is 5.56 Å².